The number of amides is 1. The van der Waals surface area contributed by atoms with Crippen LogP contribution in [0.15, 0.2) is 6.33 Å². The molecule has 3 heterocycles. The summed E-state index contributed by atoms with van der Waals surface area (Å²) in [6.45, 7) is 1.34. The van der Waals surface area contributed by atoms with Gasteiger partial charge in [-0.2, -0.15) is 9.97 Å². The molecule has 3 rings (SSSR count). The van der Waals surface area contributed by atoms with E-state index in [0.717, 1.165) is 6.26 Å². The third-order valence-corrected chi connectivity index (χ3v) is 7.26. The van der Waals surface area contributed by atoms with Crippen LogP contribution in [0.1, 0.15) is 38.3 Å². The van der Waals surface area contributed by atoms with E-state index in [-0.39, 0.29) is 54.9 Å². The molecule has 0 aromatic carbocycles. The summed E-state index contributed by atoms with van der Waals surface area (Å²) in [5.74, 6) is -1.00. The van der Waals surface area contributed by atoms with E-state index in [9.17, 15) is 28.2 Å². The summed E-state index contributed by atoms with van der Waals surface area (Å²) in [6, 6.07) is -1.01. The molecule has 42 heavy (non-hydrogen) atoms. The Morgan fingerprint density at radius 3 is 2.60 bits per heavy atom. The lowest BCUT2D eigenvalue weighted by Gasteiger charge is -2.17. The van der Waals surface area contributed by atoms with Crippen LogP contribution >= 0.6 is 0 Å². The quantitative estimate of drug-likeness (QED) is 0.0757. The molecule has 0 aliphatic carbocycles. The van der Waals surface area contributed by atoms with Crippen LogP contribution in [0.2, 0.25) is 0 Å². The number of aliphatic hydroxyl groups excluding tert-OH is 2. The zero-order chi connectivity index (χ0) is 30.9. The Hall–Kier alpha value is -3.20. The molecule has 1 saturated heterocycles. The van der Waals surface area contributed by atoms with Crippen LogP contribution in [0.5, 0.6) is 0 Å². The number of ether oxygens (including phenoxy) is 1. The first-order chi connectivity index (χ1) is 19.9. The number of aromatic nitrogens is 4. The summed E-state index contributed by atoms with van der Waals surface area (Å²) in [6.07, 6.45) is 0.579. The predicted octanol–water partition coefficient (Wildman–Crippen LogP) is -2.94. The number of nitrogens with one attached hydrogen (secondary N) is 4. The lowest BCUT2D eigenvalue weighted by molar-refractivity contribution is -0.138. The van der Waals surface area contributed by atoms with E-state index in [1.54, 1.807) is 0 Å². The molecule has 1 aliphatic heterocycles. The second-order valence-electron chi connectivity index (χ2n) is 9.99. The van der Waals surface area contributed by atoms with Gasteiger partial charge in [0.2, 0.25) is 21.9 Å². The number of aliphatic hydroxyl groups is 2. The van der Waals surface area contributed by atoms with Crippen LogP contribution in [0.4, 0.5) is 11.8 Å². The van der Waals surface area contributed by atoms with Gasteiger partial charge < -0.3 is 47.5 Å². The van der Waals surface area contributed by atoms with Crippen molar-refractivity contribution in [2.45, 2.75) is 62.7 Å². The van der Waals surface area contributed by atoms with Gasteiger partial charge in [0.1, 0.15) is 29.9 Å². The minimum atomic E-state index is -3.21. The van der Waals surface area contributed by atoms with Crippen molar-refractivity contribution in [3.8, 4) is 0 Å². The predicted molar refractivity (Wildman–Crippen MR) is 152 cm³/mol. The second-order valence-corrected chi connectivity index (χ2v) is 11.8. The van der Waals surface area contributed by atoms with Crippen LogP contribution < -0.4 is 32.1 Å². The second kappa shape index (κ2) is 15.3. The number of fused-ring (bicyclic) bond motifs is 1. The summed E-state index contributed by atoms with van der Waals surface area (Å²) >= 11 is 0. The number of nitrogen functional groups attached to an aromatic ring is 1. The molecule has 19 heteroatoms. The van der Waals surface area contributed by atoms with Gasteiger partial charge in [0.05, 0.1) is 12.6 Å². The molecule has 11 N–H and O–H groups in total. The fraction of sp³-hybridized carbons (Fsp3) is 0.696. The summed E-state index contributed by atoms with van der Waals surface area (Å²) in [4.78, 5) is 35.7. The van der Waals surface area contributed by atoms with Crippen molar-refractivity contribution in [1.29, 1.82) is 0 Å². The summed E-state index contributed by atoms with van der Waals surface area (Å²) < 4.78 is 31.8. The minimum Gasteiger partial charge on any atom is -0.480 e. The van der Waals surface area contributed by atoms with Crippen LogP contribution in [-0.4, -0.2) is 118 Å². The number of hydrogen-bond donors (Lipinski definition) is 9. The van der Waals surface area contributed by atoms with Gasteiger partial charge >= 0.3 is 5.97 Å². The average Bonchev–Trinajstić information content (AvgIpc) is 3.46. The molecule has 1 fully saturated rings. The van der Waals surface area contributed by atoms with Gasteiger partial charge in [0, 0.05) is 32.6 Å². The van der Waals surface area contributed by atoms with Crippen molar-refractivity contribution in [1.82, 2.24) is 34.9 Å². The first kappa shape index (κ1) is 33.3. The summed E-state index contributed by atoms with van der Waals surface area (Å²) in [7, 11) is -3.21. The van der Waals surface area contributed by atoms with Crippen molar-refractivity contribution in [3.05, 3.63) is 6.33 Å². The number of imidazole rings is 1. The highest BCUT2D eigenvalue weighted by molar-refractivity contribution is 7.88. The lowest BCUT2D eigenvalue weighted by atomic mass is 10.1. The fourth-order valence-corrected chi connectivity index (χ4v) is 4.78. The Labute approximate surface area is 242 Å². The third kappa shape index (κ3) is 9.68. The maximum atomic E-state index is 12.1. The number of hydrogen-bond acceptors (Lipinski definition) is 14. The van der Waals surface area contributed by atoms with Gasteiger partial charge in [0.15, 0.2) is 17.7 Å². The largest absolute Gasteiger partial charge is 0.480 e. The van der Waals surface area contributed by atoms with Crippen molar-refractivity contribution in [2.75, 3.05) is 50.0 Å². The Balaban J connectivity index is 1.48. The summed E-state index contributed by atoms with van der Waals surface area (Å²) in [5, 5.41) is 38.8. The number of carbonyl (C=O) groups is 2. The average molecular weight is 617 g/mol. The Morgan fingerprint density at radius 2 is 1.88 bits per heavy atom. The number of anilines is 2. The number of unbranched alkanes of at least 4 members (excludes halogenated alkanes) is 2. The van der Waals surface area contributed by atoms with Gasteiger partial charge in [-0.05, 0) is 25.8 Å². The van der Waals surface area contributed by atoms with Crippen molar-refractivity contribution in [2.24, 2.45) is 5.73 Å². The minimum absolute atomic E-state index is 0.0802. The van der Waals surface area contributed by atoms with Crippen molar-refractivity contribution in [3.63, 3.8) is 0 Å². The van der Waals surface area contributed by atoms with Gasteiger partial charge in [-0.3, -0.25) is 14.2 Å². The van der Waals surface area contributed by atoms with E-state index in [4.69, 9.17) is 21.3 Å². The van der Waals surface area contributed by atoms with E-state index in [1.807, 2.05) is 0 Å². The number of rotatable bonds is 18. The number of carbonyl (C=O) groups excluding carboxylic acids is 1. The molecule has 0 bridgehead atoms. The molecule has 18 nitrogen and oxygen atoms in total. The van der Waals surface area contributed by atoms with E-state index in [0.29, 0.717) is 38.8 Å². The molecule has 0 saturated carbocycles. The van der Waals surface area contributed by atoms with Gasteiger partial charge in [-0.25, -0.2) is 18.1 Å². The van der Waals surface area contributed by atoms with Crippen LogP contribution in [0.25, 0.3) is 11.2 Å². The highest BCUT2D eigenvalue weighted by Gasteiger charge is 2.44. The number of sulfonamides is 1. The summed E-state index contributed by atoms with van der Waals surface area (Å²) in [5.41, 5.74) is 12.1. The number of nitrogens with two attached hydrogens (primary N) is 2. The van der Waals surface area contributed by atoms with E-state index < -0.39 is 46.6 Å². The standard InChI is InChI=1S/C23H40N10O8S/c1-42(39,40)30-7-4-2-3-5-15(34)27-9-10-28-23-31-19(25)16-20(32-23)33(12-29-16)21-18(36)17(35)14(41-21)11-26-8-6-13(24)22(37)38/h12-14,17-18,21,26,30,35-36H,2-11,24H2,1H3,(H,27,34)(H,37,38)(H3,25,28,31,32)/t13-,14+,17+,18+,21+/m0/s1. The Kier molecular flexibility index (Phi) is 12.2. The number of aliphatic carboxylic acids is 1. The molecular formula is C23H40N10O8S. The fourth-order valence-electron chi connectivity index (χ4n) is 4.27. The van der Waals surface area contributed by atoms with E-state index in [2.05, 4.69) is 35.6 Å². The monoisotopic (exact) mass is 616 g/mol. The third-order valence-electron chi connectivity index (χ3n) is 6.53. The van der Waals surface area contributed by atoms with E-state index >= 15 is 0 Å². The first-order valence-corrected chi connectivity index (χ1v) is 15.4. The molecule has 1 amide bonds. The molecular weight excluding hydrogens is 576 g/mol. The molecule has 0 radical (unpaired) electrons. The maximum Gasteiger partial charge on any atom is 0.320 e. The molecule has 0 spiro atoms. The number of carboxylic acid groups (broad SMARTS) is 1. The first-order valence-electron chi connectivity index (χ1n) is 13.5. The number of nitrogens with zero attached hydrogens (tertiary/aromatic N) is 4. The van der Waals surface area contributed by atoms with Gasteiger partial charge in [-0.15, -0.1) is 0 Å². The zero-order valence-electron chi connectivity index (χ0n) is 23.3. The highest BCUT2D eigenvalue weighted by Crippen LogP contribution is 2.32. The highest BCUT2D eigenvalue weighted by atomic mass is 32.2. The van der Waals surface area contributed by atoms with Gasteiger partial charge in [-0.1, -0.05) is 6.42 Å². The normalized spacial score (nSPS) is 21.4. The Bertz CT molecular complexity index is 1310. The van der Waals surface area contributed by atoms with Crippen molar-refractivity contribution >= 4 is 44.8 Å². The maximum absolute atomic E-state index is 12.1. The molecule has 5 atom stereocenters. The topological polar surface area (TPSA) is 282 Å². The molecule has 0 unspecified atom stereocenters. The van der Waals surface area contributed by atoms with Crippen LogP contribution in [0.3, 0.4) is 0 Å². The Morgan fingerprint density at radius 1 is 1.12 bits per heavy atom. The zero-order valence-corrected chi connectivity index (χ0v) is 24.1. The molecule has 236 valence electrons. The lowest BCUT2D eigenvalue weighted by Crippen LogP contribution is -2.40. The molecule has 1 aliphatic rings. The van der Waals surface area contributed by atoms with E-state index in [1.165, 1.54) is 10.9 Å². The van der Waals surface area contributed by atoms with Crippen molar-refractivity contribution < 1.29 is 38.1 Å². The SMILES string of the molecule is CS(=O)(=O)NCCCCCC(=O)NCCNc1nc(N)c2ncn([C@@H]3O[C@H](CNCC[C@H](N)C(=O)O)[C@@H](O)[C@H]3O)c2n1. The van der Waals surface area contributed by atoms with Gasteiger partial charge in [0.25, 0.3) is 0 Å². The molecule has 2 aromatic rings. The molecule has 2 aromatic heterocycles. The smallest absolute Gasteiger partial charge is 0.320 e. The number of carboxylic acids is 1. The van der Waals surface area contributed by atoms with Crippen LogP contribution in [0, 0.1) is 0 Å². The van der Waals surface area contributed by atoms with Crippen LogP contribution in [-0.2, 0) is 24.3 Å².